The maximum absolute atomic E-state index is 12.9. The van der Waals surface area contributed by atoms with Crippen LogP contribution >= 0.6 is 0 Å². The first-order valence-corrected chi connectivity index (χ1v) is 15.6. The predicted molar refractivity (Wildman–Crippen MR) is 146 cm³/mol. The van der Waals surface area contributed by atoms with Crippen LogP contribution in [0.4, 0.5) is 0 Å². The van der Waals surface area contributed by atoms with E-state index in [0.717, 1.165) is 53.8 Å². The first kappa shape index (κ1) is 24.8. The van der Waals surface area contributed by atoms with Gasteiger partial charge in [-0.2, -0.15) is 0 Å². The van der Waals surface area contributed by atoms with Gasteiger partial charge in [-0.15, -0.1) is 0 Å². The molecule has 0 spiro atoms. The Balaban J connectivity index is 1.06. The number of aliphatic carboxylic acids is 1. The van der Waals surface area contributed by atoms with Crippen LogP contribution in [-0.4, -0.2) is 27.7 Å². The smallest absolute Gasteiger partial charge is 0.313 e. The van der Waals surface area contributed by atoms with E-state index >= 15 is 0 Å². The van der Waals surface area contributed by atoms with Crippen molar-refractivity contribution in [2.24, 2.45) is 64.6 Å². The molecule has 1 aromatic rings. The van der Waals surface area contributed by atoms with E-state index in [4.69, 9.17) is 4.74 Å². The number of hydrogen-bond donors (Lipinski definition) is 1. The fourth-order valence-corrected chi connectivity index (χ4v) is 10.8. The number of carboxylic acid groups (broad SMARTS) is 1. The molecule has 1 heterocycles. The lowest BCUT2D eigenvalue weighted by Crippen LogP contribution is -2.51. The number of carbonyl (C=O) groups is 1. The monoisotopic (exact) mass is 516 g/mol. The number of ether oxygens (including phenoxy) is 1. The van der Waals surface area contributed by atoms with Crippen molar-refractivity contribution in [1.82, 2.24) is 9.97 Å². The molecule has 0 amide bonds. The van der Waals surface area contributed by atoms with Gasteiger partial charge in [0.25, 0.3) is 0 Å². The minimum atomic E-state index is -0.882. The Hall–Kier alpha value is -2.17. The molecular formula is C33H44N2O3. The molecule has 0 bridgehead atoms. The fraction of sp³-hybridized carbons (Fsp3) is 0.727. The number of fused-ring (bicyclic) bond motifs is 7. The lowest BCUT2D eigenvalue weighted by Gasteiger charge is -2.57. The fourth-order valence-electron chi connectivity index (χ4n) is 10.8. The van der Waals surface area contributed by atoms with E-state index in [2.05, 4.69) is 34.3 Å². The van der Waals surface area contributed by atoms with Gasteiger partial charge in [0.1, 0.15) is 12.0 Å². The summed E-state index contributed by atoms with van der Waals surface area (Å²) in [6.45, 7) is 0.172. The first-order chi connectivity index (χ1) is 18.6. The molecular weight excluding hydrogens is 472 g/mol. The van der Waals surface area contributed by atoms with Crippen molar-refractivity contribution in [2.45, 2.75) is 77.0 Å². The van der Waals surface area contributed by atoms with Gasteiger partial charge in [-0.25, -0.2) is 4.98 Å². The third kappa shape index (κ3) is 4.14. The number of nitrogens with zero attached hydrogens (tertiary/aromatic N) is 2. The molecule has 204 valence electrons. The minimum Gasteiger partial charge on any atom is -0.481 e. The predicted octanol–water partition coefficient (Wildman–Crippen LogP) is 6.96. The van der Waals surface area contributed by atoms with E-state index in [1.54, 1.807) is 18.6 Å². The maximum atomic E-state index is 12.9. The lowest BCUT2D eigenvalue weighted by atomic mass is 9.48. The molecule has 5 heteroatoms. The summed E-state index contributed by atoms with van der Waals surface area (Å²) in [5.74, 6) is 7.50. The molecule has 6 aliphatic rings. The Morgan fingerprint density at radius 2 is 1.61 bits per heavy atom. The van der Waals surface area contributed by atoms with Gasteiger partial charge in [0, 0.05) is 12.4 Å². The van der Waals surface area contributed by atoms with Gasteiger partial charge in [0.2, 0.25) is 5.88 Å². The van der Waals surface area contributed by atoms with Crippen LogP contribution in [0.1, 0.15) is 77.0 Å². The van der Waals surface area contributed by atoms with Gasteiger partial charge in [0.15, 0.2) is 0 Å². The summed E-state index contributed by atoms with van der Waals surface area (Å²) in [4.78, 5) is 21.2. The van der Waals surface area contributed by atoms with Gasteiger partial charge in [-0.05, 0) is 136 Å². The van der Waals surface area contributed by atoms with Crippen molar-refractivity contribution >= 4 is 5.97 Å². The van der Waals surface area contributed by atoms with Crippen molar-refractivity contribution in [2.75, 3.05) is 6.61 Å². The number of allylic oxidation sites excluding steroid dienone is 4. The SMILES string of the molecule is O=C(O)C1(COc2cnccn2)CCC=CC1C1CCC2C(CCC3C2CCC2C4CC=CC4CCC23)C1. The second kappa shape index (κ2) is 10.1. The number of rotatable bonds is 5. The van der Waals surface area contributed by atoms with Crippen LogP contribution in [0.5, 0.6) is 5.88 Å². The third-order valence-electron chi connectivity index (χ3n) is 12.4. The number of hydrogen-bond acceptors (Lipinski definition) is 4. The summed E-state index contributed by atoms with van der Waals surface area (Å²) in [7, 11) is 0. The van der Waals surface area contributed by atoms with E-state index in [0.29, 0.717) is 18.2 Å². The summed E-state index contributed by atoms with van der Waals surface area (Å²) < 4.78 is 6.00. The quantitative estimate of drug-likeness (QED) is 0.428. The summed E-state index contributed by atoms with van der Waals surface area (Å²) in [6.07, 6.45) is 29.4. The van der Waals surface area contributed by atoms with E-state index < -0.39 is 11.4 Å². The zero-order valence-electron chi connectivity index (χ0n) is 22.7. The third-order valence-corrected chi connectivity index (χ3v) is 12.4. The van der Waals surface area contributed by atoms with Gasteiger partial charge in [0.05, 0.1) is 6.20 Å². The molecule has 5 nitrogen and oxygen atoms in total. The van der Waals surface area contributed by atoms with E-state index in [-0.39, 0.29) is 12.5 Å². The van der Waals surface area contributed by atoms with Crippen LogP contribution in [0.2, 0.25) is 0 Å². The summed E-state index contributed by atoms with van der Waals surface area (Å²) in [5.41, 5.74) is -0.882. The van der Waals surface area contributed by atoms with Gasteiger partial charge in [-0.1, -0.05) is 24.3 Å². The first-order valence-electron chi connectivity index (χ1n) is 15.6. The molecule has 1 N–H and O–H groups in total. The Kier molecular flexibility index (Phi) is 6.60. The molecule has 0 aromatic carbocycles. The Bertz CT molecular complexity index is 1070. The highest BCUT2D eigenvalue weighted by Crippen LogP contribution is 2.61. The molecule has 4 fully saturated rings. The highest BCUT2D eigenvalue weighted by Gasteiger charge is 2.55. The second-order valence-corrected chi connectivity index (χ2v) is 13.7. The molecule has 7 rings (SSSR count). The van der Waals surface area contributed by atoms with Crippen LogP contribution in [0.25, 0.3) is 0 Å². The maximum Gasteiger partial charge on any atom is 0.313 e. The lowest BCUT2D eigenvalue weighted by molar-refractivity contribution is -0.158. The van der Waals surface area contributed by atoms with Crippen LogP contribution in [0, 0.1) is 64.6 Å². The van der Waals surface area contributed by atoms with Crippen LogP contribution in [-0.2, 0) is 4.79 Å². The Morgan fingerprint density at radius 3 is 2.42 bits per heavy atom. The topological polar surface area (TPSA) is 72.3 Å². The molecule has 0 saturated heterocycles. The summed E-state index contributed by atoms with van der Waals surface area (Å²) in [6, 6.07) is 0. The van der Waals surface area contributed by atoms with Gasteiger partial charge < -0.3 is 9.84 Å². The van der Waals surface area contributed by atoms with Crippen LogP contribution in [0.15, 0.2) is 42.9 Å². The normalized spacial score (nSPS) is 45.4. The molecule has 11 unspecified atom stereocenters. The van der Waals surface area contributed by atoms with Gasteiger partial charge in [-0.3, -0.25) is 9.78 Å². The van der Waals surface area contributed by atoms with Crippen LogP contribution in [0.3, 0.4) is 0 Å². The summed E-state index contributed by atoms with van der Waals surface area (Å²) >= 11 is 0. The number of aromatic nitrogens is 2. The molecule has 11 atom stereocenters. The summed E-state index contributed by atoms with van der Waals surface area (Å²) in [5, 5.41) is 10.6. The molecule has 0 radical (unpaired) electrons. The van der Waals surface area contributed by atoms with Crippen molar-refractivity contribution in [3.8, 4) is 5.88 Å². The van der Waals surface area contributed by atoms with Crippen molar-refractivity contribution in [3.63, 3.8) is 0 Å². The van der Waals surface area contributed by atoms with Gasteiger partial charge >= 0.3 is 5.97 Å². The average Bonchev–Trinajstić information content (AvgIpc) is 3.45. The molecule has 1 aromatic heterocycles. The zero-order chi connectivity index (χ0) is 25.7. The van der Waals surface area contributed by atoms with Crippen molar-refractivity contribution < 1.29 is 14.6 Å². The van der Waals surface area contributed by atoms with Crippen molar-refractivity contribution in [1.29, 1.82) is 0 Å². The highest BCUT2D eigenvalue weighted by atomic mass is 16.5. The van der Waals surface area contributed by atoms with E-state index in [1.807, 2.05) is 0 Å². The Morgan fingerprint density at radius 1 is 0.868 bits per heavy atom. The molecule has 4 saturated carbocycles. The second-order valence-electron chi connectivity index (χ2n) is 13.7. The minimum absolute atomic E-state index is 0.0324. The highest BCUT2D eigenvalue weighted by molar-refractivity contribution is 5.76. The largest absolute Gasteiger partial charge is 0.481 e. The standard InChI is InChI=1S/C33H44N2O3/c36-32(37)33(20-38-31-19-34-16-17-35-31)15-2-1-6-30(33)23-9-10-25-22(18-23)8-12-29-27(25)14-13-26-24-5-3-4-21(24)7-11-28(26)29/h1,3-4,6,16-17,19,21-30H,2,5,7-15,18,20H2,(H,36,37). The molecule has 0 aliphatic heterocycles. The Labute approximate surface area is 227 Å². The van der Waals surface area contributed by atoms with E-state index in [9.17, 15) is 9.90 Å². The number of carboxylic acids is 1. The molecule has 6 aliphatic carbocycles. The average molecular weight is 517 g/mol. The molecule has 38 heavy (non-hydrogen) atoms. The van der Waals surface area contributed by atoms with Crippen LogP contribution < -0.4 is 4.74 Å². The zero-order valence-corrected chi connectivity index (χ0v) is 22.7. The van der Waals surface area contributed by atoms with Crippen molar-refractivity contribution in [3.05, 3.63) is 42.9 Å². The van der Waals surface area contributed by atoms with E-state index in [1.165, 1.54) is 64.2 Å².